The van der Waals surface area contributed by atoms with Crippen LogP contribution in [0.4, 0.5) is 0 Å². The van der Waals surface area contributed by atoms with E-state index in [2.05, 4.69) is 131 Å². The van der Waals surface area contributed by atoms with Crippen molar-refractivity contribution in [2.75, 3.05) is 0 Å². The van der Waals surface area contributed by atoms with Crippen LogP contribution in [0.15, 0.2) is 128 Å². The van der Waals surface area contributed by atoms with Gasteiger partial charge in [0.25, 0.3) is 0 Å². The third-order valence-electron chi connectivity index (χ3n) is 7.35. The molecular weight excluding hydrogens is 438 g/mol. The fourth-order valence-corrected chi connectivity index (χ4v) is 5.74. The van der Waals surface area contributed by atoms with Gasteiger partial charge in [0.1, 0.15) is 5.82 Å². The second-order valence-electron chi connectivity index (χ2n) is 9.29. The zero-order valence-electron chi connectivity index (χ0n) is 19.5. The Kier molecular flexibility index (Phi) is 3.94. The molecule has 8 aromatic rings. The van der Waals surface area contributed by atoms with Gasteiger partial charge in [0, 0.05) is 33.4 Å². The SMILES string of the molecule is c1ccc(-n2ccc3c4ccc5c(c4ccc32)c2ccccc2n5-c2ccc3ccccc3n2)cc1. The molecule has 0 amide bonds. The van der Waals surface area contributed by atoms with E-state index < -0.39 is 0 Å². The molecular formula is C33H21N3. The van der Waals surface area contributed by atoms with Gasteiger partial charge >= 0.3 is 0 Å². The molecule has 3 nitrogen and oxygen atoms in total. The largest absolute Gasteiger partial charge is 0.317 e. The smallest absolute Gasteiger partial charge is 0.138 e. The van der Waals surface area contributed by atoms with Gasteiger partial charge in [-0.1, -0.05) is 66.7 Å². The summed E-state index contributed by atoms with van der Waals surface area (Å²) < 4.78 is 4.57. The van der Waals surface area contributed by atoms with Crippen molar-refractivity contribution in [2.45, 2.75) is 0 Å². The molecule has 0 aliphatic heterocycles. The van der Waals surface area contributed by atoms with Crippen molar-refractivity contribution in [3.8, 4) is 11.5 Å². The van der Waals surface area contributed by atoms with Crippen LogP contribution in [-0.2, 0) is 0 Å². The molecule has 0 aliphatic carbocycles. The highest BCUT2D eigenvalue weighted by atomic mass is 15.1. The number of rotatable bonds is 2. The van der Waals surface area contributed by atoms with Crippen molar-refractivity contribution in [3.05, 3.63) is 128 Å². The zero-order chi connectivity index (χ0) is 23.6. The van der Waals surface area contributed by atoms with Crippen LogP contribution in [0, 0.1) is 0 Å². The Balaban J connectivity index is 1.46. The first kappa shape index (κ1) is 19.4. The molecule has 0 atom stereocenters. The number of fused-ring (bicyclic) bond motifs is 8. The van der Waals surface area contributed by atoms with E-state index in [-0.39, 0.29) is 0 Å². The molecule has 0 saturated carbocycles. The Morgan fingerprint density at radius 1 is 0.472 bits per heavy atom. The van der Waals surface area contributed by atoms with Crippen LogP contribution in [0.1, 0.15) is 0 Å². The normalized spacial score (nSPS) is 11.9. The van der Waals surface area contributed by atoms with Gasteiger partial charge < -0.3 is 4.57 Å². The van der Waals surface area contributed by atoms with Crippen molar-refractivity contribution in [3.63, 3.8) is 0 Å². The van der Waals surface area contributed by atoms with E-state index in [0.29, 0.717) is 0 Å². The number of hydrogen-bond donors (Lipinski definition) is 0. The highest BCUT2D eigenvalue weighted by Gasteiger charge is 2.17. The minimum absolute atomic E-state index is 0.940. The Labute approximate surface area is 207 Å². The fourth-order valence-electron chi connectivity index (χ4n) is 5.74. The van der Waals surface area contributed by atoms with E-state index >= 15 is 0 Å². The molecule has 5 aromatic carbocycles. The van der Waals surface area contributed by atoms with Crippen LogP contribution in [0.5, 0.6) is 0 Å². The summed E-state index contributed by atoms with van der Waals surface area (Å²) in [5, 5.41) is 7.46. The first-order valence-electron chi connectivity index (χ1n) is 12.2. The molecule has 0 spiro atoms. The van der Waals surface area contributed by atoms with Gasteiger partial charge in [-0.25, -0.2) is 4.98 Å². The average molecular weight is 460 g/mol. The minimum atomic E-state index is 0.940. The topological polar surface area (TPSA) is 22.8 Å². The quantitative estimate of drug-likeness (QED) is 0.254. The molecule has 0 unspecified atom stereocenters. The molecule has 0 N–H and O–H groups in total. The van der Waals surface area contributed by atoms with Crippen LogP contribution < -0.4 is 0 Å². The number of benzene rings is 5. The molecule has 0 fully saturated rings. The second-order valence-corrected chi connectivity index (χ2v) is 9.29. The Hall–Kier alpha value is -4.89. The Morgan fingerprint density at radius 2 is 1.25 bits per heavy atom. The minimum Gasteiger partial charge on any atom is -0.317 e. The summed E-state index contributed by atoms with van der Waals surface area (Å²) in [6.07, 6.45) is 2.17. The van der Waals surface area contributed by atoms with E-state index in [0.717, 1.165) is 16.7 Å². The predicted molar refractivity (Wildman–Crippen MR) is 150 cm³/mol. The van der Waals surface area contributed by atoms with Crippen LogP contribution in [0.3, 0.4) is 0 Å². The standard InChI is InChI=1S/C33H21N3/c1-2-9-23(10-3-1)35-21-20-25-24-15-18-31-33(26(24)16-17-29(25)35)27-11-5-7-13-30(27)36(31)32-19-14-22-8-4-6-12-28(22)34-32/h1-21H. The third-order valence-corrected chi connectivity index (χ3v) is 7.35. The van der Waals surface area contributed by atoms with E-state index in [1.165, 1.54) is 49.2 Å². The predicted octanol–water partition coefficient (Wildman–Crippen LogP) is 8.43. The van der Waals surface area contributed by atoms with E-state index in [1.54, 1.807) is 0 Å². The molecule has 168 valence electrons. The van der Waals surface area contributed by atoms with Crippen LogP contribution >= 0.6 is 0 Å². The van der Waals surface area contributed by atoms with Gasteiger partial charge in [0.15, 0.2) is 0 Å². The lowest BCUT2D eigenvalue weighted by Gasteiger charge is -2.09. The highest BCUT2D eigenvalue weighted by Crippen LogP contribution is 2.39. The van der Waals surface area contributed by atoms with Crippen molar-refractivity contribution in [1.82, 2.24) is 14.1 Å². The summed E-state index contributed by atoms with van der Waals surface area (Å²) in [5.74, 6) is 0.940. The molecule has 0 saturated heterocycles. The summed E-state index contributed by atoms with van der Waals surface area (Å²) >= 11 is 0. The molecule has 3 aromatic heterocycles. The molecule has 0 bridgehead atoms. The van der Waals surface area contributed by atoms with Gasteiger partial charge in [0.2, 0.25) is 0 Å². The number of nitrogens with zero attached hydrogens (tertiary/aromatic N) is 3. The maximum atomic E-state index is 5.04. The Bertz CT molecular complexity index is 2100. The fraction of sp³-hybridized carbons (Fsp3) is 0. The van der Waals surface area contributed by atoms with E-state index in [1.807, 2.05) is 6.07 Å². The molecule has 3 heteroatoms. The first-order chi connectivity index (χ1) is 17.9. The van der Waals surface area contributed by atoms with Crippen LogP contribution in [0.25, 0.3) is 65.9 Å². The summed E-state index contributed by atoms with van der Waals surface area (Å²) in [6.45, 7) is 0. The van der Waals surface area contributed by atoms with Gasteiger partial charge in [-0.2, -0.15) is 0 Å². The summed E-state index contributed by atoms with van der Waals surface area (Å²) in [5.41, 5.74) is 5.74. The lowest BCUT2D eigenvalue weighted by molar-refractivity contribution is 1.10. The van der Waals surface area contributed by atoms with Crippen molar-refractivity contribution in [1.29, 1.82) is 0 Å². The van der Waals surface area contributed by atoms with Crippen LogP contribution in [0.2, 0.25) is 0 Å². The second kappa shape index (κ2) is 7.30. The molecule has 0 aliphatic rings. The highest BCUT2D eigenvalue weighted by molar-refractivity contribution is 6.25. The lowest BCUT2D eigenvalue weighted by atomic mass is 10.0. The lowest BCUT2D eigenvalue weighted by Crippen LogP contribution is -1.97. The molecule has 8 rings (SSSR count). The number of hydrogen-bond acceptors (Lipinski definition) is 1. The van der Waals surface area contributed by atoms with Gasteiger partial charge in [-0.15, -0.1) is 0 Å². The monoisotopic (exact) mass is 459 g/mol. The van der Waals surface area contributed by atoms with Crippen molar-refractivity contribution < 1.29 is 0 Å². The average Bonchev–Trinajstić information content (AvgIpc) is 3.53. The zero-order valence-corrected chi connectivity index (χ0v) is 19.5. The molecule has 3 heterocycles. The third kappa shape index (κ3) is 2.65. The van der Waals surface area contributed by atoms with Gasteiger partial charge in [-0.3, -0.25) is 4.57 Å². The van der Waals surface area contributed by atoms with E-state index in [4.69, 9.17) is 4.98 Å². The maximum Gasteiger partial charge on any atom is 0.138 e. The first-order valence-corrected chi connectivity index (χ1v) is 12.2. The summed E-state index contributed by atoms with van der Waals surface area (Å²) in [4.78, 5) is 5.04. The molecule has 0 radical (unpaired) electrons. The number of aromatic nitrogens is 3. The van der Waals surface area contributed by atoms with Crippen LogP contribution in [-0.4, -0.2) is 14.1 Å². The van der Waals surface area contributed by atoms with Crippen molar-refractivity contribution in [2.24, 2.45) is 0 Å². The maximum absolute atomic E-state index is 5.04. The number of para-hydroxylation sites is 3. The number of pyridine rings is 1. The summed E-state index contributed by atoms with van der Waals surface area (Å²) in [6, 6.07) is 43.1. The summed E-state index contributed by atoms with van der Waals surface area (Å²) in [7, 11) is 0. The van der Waals surface area contributed by atoms with E-state index in [9.17, 15) is 0 Å². The molecule has 36 heavy (non-hydrogen) atoms. The Morgan fingerprint density at radius 3 is 2.19 bits per heavy atom. The van der Waals surface area contributed by atoms with Gasteiger partial charge in [-0.05, 0) is 65.4 Å². The van der Waals surface area contributed by atoms with Gasteiger partial charge in [0.05, 0.1) is 22.1 Å². The van der Waals surface area contributed by atoms with Crippen molar-refractivity contribution >= 4 is 54.4 Å².